The molecule has 0 bridgehead atoms. The van der Waals surface area contributed by atoms with Crippen molar-refractivity contribution in [2.45, 2.75) is 26.3 Å². The molecule has 1 atom stereocenters. The zero-order chi connectivity index (χ0) is 27.2. The second kappa shape index (κ2) is 9.22. The van der Waals surface area contributed by atoms with Crippen molar-refractivity contribution in [3.8, 4) is 23.8 Å². The summed E-state index contributed by atoms with van der Waals surface area (Å²) < 4.78 is 53.9. The maximum Gasteiger partial charge on any atom is 0.281 e. The molecule has 0 aliphatic carbocycles. The number of carbonyl (C=O) groups excluding carboxylic acids is 1. The van der Waals surface area contributed by atoms with Gasteiger partial charge >= 0.3 is 0 Å². The average molecular weight is 538 g/mol. The van der Waals surface area contributed by atoms with Crippen LogP contribution < -0.4 is 15.0 Å². The number of allylic oxidation sites excluding steroid dienone is 1. The summed E-state index contributed by atoms with van der Waals surface area (Å²) in [6.07, 6.45) is 7.67. The lowest BCUT2D eigenvalue weighted by Crippen LogP contribution is -2.41. The number of nitrogens with one attached hydrogen (secondary N) is 1. The number of phenolic OH excluding ortho intramolecular Hbond substituents is 1. The molecule has 3 aromatic rings. The van der Waals surface area contributed by atoms with Gasteiger partial charge in [0.1, 0.15) is 41.9 Å². The molecular weight excluding hydrogens is 513 g/mol. The molecule has 11 heteroatoms. The number of terminal acetylenes is 1. The van der Waals surface area contributed by atoms with E-state index in [-0.39, 0.29) is 63.5 Å². The molecule has 0 unspecified atom stereocenters. The summed E-state index contributed by atoms with van der Waals surface area (Å²) in [5.74, 6) is 0.443. The molecule has 2 aromatic carbocycles. The van der Waals surface area contributed by atoms with Gasteiger partial charge in [0.05, 0.1) is 16.3 Å². The number of sulfone groups is 1. The van der Waals surface area contributed by atoms with Crippen LogP contribution in [0.2, 0.25) is 0 Å². The standard InChI is InChI=1S/C27H24FN3O6S/c1-4-10-37-16-8-9-17(18(28)11-16)24-25-19(12-27(2,3)14-38(25,34)35)30-23-21(6-5-7-22(23)32)31(24)26(33)20-13-36-15-29-20/h1,5-9,11,13,15,24,30,32H,10,12,14H2,2-3H3/t24-/m1/s1. The van der Waals surface area contributed by atoms with Gasteiger partial charge in [-0.1, -0.05) is 25.8 Å². The van der Waals surface area contributed by atoms with Gasteiger partial charge in [0.25, 0.3) is 5.91 Å². The van der Waals surface area contributed by atoms with Crippen molar-refractivity contribution in [1.29, 1.82) is 0 Å². The number of phenols is 1. The Morgan fingerprint density at radius 1 is 1.37 bits per heavy atom. The summed E-state index contributed by atoms with van der Waals surface area (Å²) in [7, 11) is -4.05. The fraction of sp³-hybridized carbons (Fsp3) is 0.259. The zero-order valence-electron chi connectivity index (χ0n) is 20.6. The first-order valence-corrected chi connectivity index (χ1v) is 13.3. The van der Waals surface area contributed by atoms with Crippen LogP contribution >= 0.6 is 0 Å². The number of aromatic hydroxyl groups is 1. The number of nitrogens with zero attached hydrogens (tertiary/aromatic N) is 2. The number of anilines is 2. The van der Waals surface area contributed by atoms with Gasteiger partial charge in [0.2, 0.25) is 0 Å². The first-order chi connectivity index (χ1) is 18.0. The molecule has 3 heterocycles. The Morgan fingerprint density at radius 2 is 2.16 bits per heavy atom. The van der Waals surface area contributed by atoms with Crippen LogP contribution in [0.15, 0.2) is 64.1 Å². The lowest BCUT2D eigenvalue weighted by molar-refractivity contribution is 0.0975. The van der Waals surface area contributed by atoms with Gasteiger partial charge in [-0.25, -0.2) is 17.8 Å². The van der Waals surface area contributed by atoms with E-state index in [0.29, 0.717) is 0 Å². The number of rotatable bonds is 4. The Labute approximate surface area is 218 Å². The monoisotopic (exact) mass is 537 g/mol. The van der Waals surface area contributed by atoms with Crippen molar-refractivity contribution >= 4 is 27.1 Å². The molecule has 5 rings (SSSR count). The van der Waals surface area contributed by atoms with E-state index >= 15 is 4.39 Å². The van der Waals surface area contributed by atoms with E-state index in [1.54, 1.807) is 13.8 Å². The van der Waals surface area contributed by atoms with Gasteiger partial charge < -0.3 is 19.6 Å². The Hall–Kier alpha value is -4.30. The van der Waals surface area contributed by atoms with Crippen LogP contribution in [0, 0.1) is 23.6 Å². The number of halogens is 1. The summed E-state index contributed by atoms with van der Waals surface area (Å²) >= 11 is 0. The van der Waals surface area contributed by atoms with Crippen molar-refractivity contribution in [3.05, 3.63) is 76.7 Å². The lowest BCUT2D eigenvalue weighted by Gasteiger charge is -2.37. The summed E-state index contributed by atoms with van der Waals surface area (Å²) in [6.45, 7) is 3.52. The average Bonchev–Trinajstić information content (AvgIpc) is 3.32. The number of benzene rings is 2. The number of fused-ring (bicyclic) bond motifs is 1. The van der Waals surface area contributed by atoms with Crippen LogP contribution in [-0.2, 0) is 9.84 Å². The molecular formula is C27H24FN3O6S. The lowest BCUT2D eigenvalue weighted by atomic mass is 9.88. The van der Waals surface area contributed by atoms with E-state index in [2.05, 4.69) is 16.2 Å². The number of oxazole rings is 1. The van der Waals surface area contributed by atoms with Gasteiger partial charge in [-0.2, -0.15) is 0 Å². The van der Waals surface area contributed by atoms with E-state index in [1.165, 1.54) is 30.3 Å². The number of amides is 1. The molecule has 38 heavy (non-hydrogen) atoms. The normalized spacial score (nSPS) is 19.4. The number of para-hydroxylation sites is 1. The Morgan fingerprint density at radius 3 is 2.84 bits per heavy atom. The minimum Gasteiger partial charge on any atom is -0.506 e. The number of ether oxygens (including phenoxy) is 1. The molecule has 2 N–H and O–H groups in total. The summed E-state index contributed by atoms with van der Waals surface area (Å²) in [5.41, 5.74) is -0.383. The second-order valence-corrected chi connectivity index (χ2v) is 11.8. The fourth-order valence-corrected chi connectivity index (χ4v) is 7.35. The number of carbonyl (C=O) groups is 1. The minimum absolute atomic E-state index is 0.0890. The largest absolute Gasteiger partial charge is 0.506 e. The van der Waals surface area contributed by atoms with Crippen molar-refractivity contribution in [1.82, 2.24) is 4.98 Å². The van der Waals surface area contributed by atoms with Crippen molar-refractivity contribution in [2.75, 3.05) is 22.6 Å². The van der Waals surface area contributed by atoms with Crippen LogP contribution in [0.25, 0.3) is 0 Å². The van der Waals surface area contributed by atoms with Crippen molar-refractivity contribution < 1.29 is 31.9 Å². The summed E-state index contributed by atoms with van der Waals surface area (Å²) in [6, 6.07) is 6.92. The van der Waals surface area contributed by atoms with E-state index in [0.717, 1.165) is 23.6 Å². The molecule has 0 spiro atoms. The number of aromatic nitrogens is 1. The van der Waals surface area contributed by atoms with Gasteiger partial charge in [0.15, 0.2) is 21.9 Å². The quantitative estimate of drug-likeness (QED) is 0.371. The maximum atomic E-state index is 15.8. The van der Waals surface area contributed by atoms with Crippen LogP contribution in [-0.4, -0.2) is 36.8 Å². The topological polar surface area (TPSA) is 122 Å². The van der Waals surface area contributed by atoms with Crippen molar-refractivity contribution in [2.24, 2.45) is 5.41 Å². The van der Waals surface area contributed by atoms with Crippen molar-refractivity contribution in [3.63, 3.8) is 0 Å². The van der Waals surface area contributed by atoms with Gasteiger partial charge in [-0.15, -0.1) is 6.42 Å². The SMILES string of the molecule is C#CCOc1ccc([C@@H]2C3=C(CC(C)(C)CS3(=O)=O)Nc3c(O)cccc3N2C(=O)c2cocn2)c(F)c1. The van der Waals surface area contributed by atoms with Crippen LogP contribution in [0.4, 0.5) is 15.8 Å². The molecule has 9 nitrogen and oxygen atoms in total. The zero-order valence-corrected chi connectivity index (χ0v) is 21.4. The predicted octanol–water partition coefficient (Wildman–Crippen LogP) is 4.40. The fourth-order valence-electron chi connectivity index (χ4n) is 4.99. The van der Waals surface area contributed by atoms with E-state index < -0.39 is 33.0 Å². The van der Waals surface area contributed by atoms with Gasteiger partial charge in [-0.3, -0.25) is 9.69 Å². The van der Waals surface area contributed by atoms with Gasteiger partial charge in [0, 0.05) is 17.3 Å². The first kappa shape index (κ1) is 25.4. The highest BCUT2D eigenvalue weighted by Crippen LogP contribution is 2.51. The third-order valence-electron chi connectivity index (χ3n) is 6.39. The molecule has 0 saturated heterocycles. The Bertz CT molecular complexity index is 1610. The second-order valence-electron chi connectivity index (χ2n) is 9.87. The third-order valence-corrected chi connectivity index (χ3v) is 8.69. The maximum absolute atomic E-state index is 15.8. The molecule has 0 fully saturated rings. The third kappa shape index (κ3) is 4.37. The molecule has 2 aliphatic rings. The molecule has 0 radical (unpaired) electrons. The number of hydrogen-bond donors (Lipinski definition) is 2. The van der Waals surface area contributed by atoms with Gasteiger partial charge in [-0.05, 0) is 36.1 Å². The van der Waals surface area contributed by atoms with E-state index in [9.17, 15) is 18.3 Å². The minimum atomic E-state index is -4.05. The summed E-state index contributed by atoms with van der Waals surface area (Å²) in [5, 5.41) is 13.9. The number of hydrogen-bond acceptors (Lipinski definition) is 8. The summed E-state index contributed by atoms with van der Waals surface area (Å²) in [4.78, 5) is 18.8. The highest BCUT2D eigenvalue weighted by Gasteiger charge is 2.48. The smallest absolute Gasteiger partial charge is 0.281 e. The Kier molecular flexibility index (Phi) is 6.15. The molecule has 1 amide bonds. The van der Waals surface area contributed by atoms with Crippen LogP contribution in [0.1, 0.15) is 42.4 Å². The first-order valence-electron chi connectivity index (χ1n) is 11.6. The molecule has 2 aliphatic heterocycles. The molecule has 196 valence electrons. The Balaban J connectivity index is 1.83. The highest BCUT2D eigenvalue weighted by molar-refractivity contribution is 7.95. The molecule has 1 aromatic heterocycles. The highest BCUT2D eigenvalue weighted by atomic mass is 32.2. The van der Waals surface area contributed by atoms with Crippen LogP contribution in [0.5, 0.6) is 11.5 Å². The van der Waals surface area contributed by atoms with Crippen LogP contribution in [0.3, 0.4) is 0 Å². The van der Waals surface area contributed by atoms with E-state index in [4.69, 9.17) is 15.6 Å². The van der Waals surface area contributed by atoms with E-state index in [1.807, 2.05) is 0 Å². The predicted molar refractivity (Wildman–Crippen MR) is 138 cm³/mol. The molecule has 0 saturated carbocycles.